The van der Waals surface area contributed by atoms with Gasteiger partial charge in [0.1, 0.15) is 5.52 Å². The molecule has 156 valence electrons. The molecule has 4 N–H and O–H groups in total. The van der Waals surface area contributed by atoms with Crippen LogP contribution in [0.1, 0.15) is 0 Å². The number of carbonyl (C=O) groups is 1. The molecule has 0 radical (unpaired) electrons. The molecular formula is C20H23N7O3. The molecule has 4 rings (SSSR count). The third-order valence-electron chi connectivity index (χ3n) is 5.11. The van der Waals surface area contributed by atoms with Gasteiger partial charge in [-0.3, -0.25) is 0 Å². The number of benzene rings is 1. The number of methoxy groups -OCH3 is 2. The van der Waals surface area contributed by atoms with E-state index < -0.39 is 6.03 Å². The van der Waals surface area contributed by atoms with Gasteiger partial charge in [0, 0.05) is 31.7 Å². The normalized spacial score (nSPS) is 14.1. The van der Waals surface area contributed by atoms with Crippen LogP contribution in [0, 0.1) is 0 Å². The number of hydrogen-bond acceptors (Lipinski definition) is 8. The molecule has 2 aromatic heterocycles. The molecule has 1 saturated heterocycles. The van der Waals surface area contributed by atoms with Crippen molar-refractivity contribution in [1.82, 2.24) is 19.9 Å². The summed E-state index contributed by atoms with van der Waals surface area (Å²) in [5.74, 6) is 2.08. The fraction of sp³-hybridized carbons (Fsp3) is 0.300. The number of pyridine rings is 1. The third-order valence-corrected chi connectivity index (χ3v) is 5.11. The lowest BCUT2D eigenvalue weighted by atomic mass is 10.1. The Bertz CT molecular complexity index is 1100. The summed E-state index contributed by atoms with van der Waals surface area (Å²) in [4.78, 5) is 28.6. The van der Waals surface area contributed by atoms with Crippen LogP contribution in [0.4, 0.5) is 16.6 Å². The molecule has 1 fully saturated rings. The number of nitrogens with two attached hydrogens (primary N) is 2. The van der Waals surface area contributed by atoms with Crippen molar-refractivity contribution in [2.75, 3.05) is 51.0 Å². The summed E-state index contributed by atoms with van der Waals surface area (Å²) < 4.78 is 10.7. The molecule has 0 spiro atoms. The van der Waals surface area contributed by atoms with Crippen LogP contribution in [-0.4, -0.2) is 66.3 Å². The summed E-state index contributed by atoms with van der Waals surface area (Å²) in [5.41, 5.74) is 14.2. The van der Waals surface area contributed by atoms with Crippen molar-refractivity contribution in [3.63, 3.8) is 0 Å². The molecule has 3 heterocycles. The smallest absolute Gasteiger partial charge is 0.314 e. The minimum Gasteiger partial charge on any atom is -0.493 e. The van der Waals surface area contributed by atoms with E-state index in [9.17, 15) is 4.79 Å². The number of anilines is 2. The number of fused-ring (bicyclic) bond motifs is 1. The zero-order valence-electron chi connectivity index (χ0n) is 16.8. The van der Waals surface area contributed by atoms with Gasteiger partial charge >= 0.3 is 6.03 Å². The molecular weight excluding hydrogens is 386 g/mol. The van der Waals surface area contributed by atoms with Gasteiger partial charge in [0.2, 0.25) is 5.95 Å². The summed E-state index contributed by atoms with van der Waals surface area (Å²) in [6.45, 7) is 2.18. The number of rotatable bonds is 4. The quantitative estimate of drug-likeness (QED) is 0.662. The summed E-state index contributed by atoms with van der Waals surface area (Å²) in [7, 11) is 3.19. The Kier molecular flexibility index (Phi) is 5.13. The maximum Gasteiger partial charge on any atom is 0.314 e. The number of hydrogen-bond donors (Lipinski definition) is 2. The molecule has 10 nitrogen and oxygen atoms in total. The molecule has 1 aliphatic rings. The number of ether oxygens (including phenoxy) is 2. The Balaban J connectivity index is 1.75. The van der Waals surface area contributed by atoms with Gasteiger partial charge < -0.3 is 30.7 Å². The fourth-order valence-corrected chi connectivity index (χ4v) is 3.53. The van der Waals surface area contributed by atoms with Crippen LogP contribution >= 0.6 is 0 Å². The summed E-state index contributed by atoms with van der Waals surface area (Å²) >= 11 is 0. The van der Waals surface area contributed by atoms with Crippen molar-refractivity contribution in [1.29, 1.82) is 0 Å². The van der Waals surface area contributed by atoms with Crippen molar-refractivity contribution in [2.24, 2.45) is 5.73 Å². The molecule has 2 amide bonds. The second-order valence-electron chi connectivity index (χ2n) is 6.85. The van der Waals surface area contributed by atoms with Crippen LogP contribution in [0.25, 0.3) is 22.3 Å². The van der Waals surface area contributed by atoms with Crippen molar-refractivity contribution < 1.29 is 14.3 Å². The summed E-state index contributed by atoms with van der Waals surface area (Å²) in [6, 6.07) is 8.95. The van der Waals surface area contributed by atoms with Crippen LogP contribution in [0.3, 0.4) is 0 Å². The van der Waals surface area contributed by atoms with Gasteiger partial charge in [0.05, 0.1) is 25.4 Å². The molecule has 10 heteroatoms. The third kappa shape index (κ3) is 3.59. The maximum absolute atomic E-state index is 11.4. The highest BCUT2D eigenvalue weighted by Crippen LogP contribution is 2.33. The van der Waals surface area contributed by atoms with E-state index in [0.29, 0.717) is 54.5 Å². The second kappa shape index (κ2) is 7.90. The predicted molar refractivity (Wildman–Crippen MR) is 114 cm³/mol. The molecule has 0 unspecified atom stereocenters. The molecule has 3 aromatic rings. The van der Waals surface area contributed by atoms with Crippen molar-refractivity contribution in [3.8, 4) is 22.8 Å². The topological polar surface area (TPSA) is 133 Å². The molecule has 0 saturated carbocycles. The van der Waals surface area contributed by atoms with Crippen molar-refractivity contribution in [2.45, 2.75) is 0 Å². The Morgan fingerprint density at radius 3 is 2.37 bits per heavy atom. The van der Waals surface area contributed by atoms with E-state index >= 15 is 0 Å². The average Bonchev–Trinajstić information content (AvgIpc) is 2.77. The van der Waals surface area contributed by atoms with Crippen molar-refractivity contribution >= 4 is 28.8 Å². The van der Waals surface area contributed by atoms with Gasteiger partial charge in [0.25, 0.3) is 0 Å². The first-order chi connectivity index (χ1) is 14.5. The van der Waals surface area contributed by atoms with E-state index in [0.717, 1.165) is 11.3 Å². The molecule has 0 atom stereocenters. The second-order valence-corrected chi connectivity index (χ2v) is 6.85. The van der Waals surface area contributed by atoms with Gasteiger partial charge in [0.15, 0.2) is 17.3 Å². The first kappa shape index (κ1) is 19.5. The number of carbonyl (C=O) groups excluding carboxylic acids is 1. The van der Waals surface area contributed by atoms with E-state index in [2.05, 4.69) is 9.97 Å². The largest absolute Gasteiger partial charge is 0.493 e. The lowest BCUT2D eigenvalue weighted by Crippen LogP contribution is -2.50. The molecule has 0 aliphatic carbocycles. The van der Waals surface area contributed by atoms with Crippen LogP contribution in [0.5, 0.6) is 11.5 Å². The van der Waals surface area contributed by atoms with Crippen LogP contribution in [0.15, 0.2) is 30.3 Å². The van der Waals surface area contributed by atoms with E-state index in [-0.39, 0.29) is 5.95 Å². The van der Waals surface area contributed by atoms with Gasteiger partial charge in [-0.1, -0.05) is 0 Å². The number of urea groups is 1. The number of primary amides is 1. The highest BCUT2D eigenvalue weighted by Gasteiger charge is 2.23. The highest BCUT2D eigenvalue weighted by atomic mass is 16.5. The van der Waals surface area contributed by atoms with E-state index in [1.807, 2.05) is 35.2 Å². The molecule has 1 aromatic carbocycles. The zero-order valence-corrected chi connectivity index (χ0v) is 16.8. The highest BCUT2D eigenvalue weighted by molar-refractivity contribution is 5.89. The first-order valence-electron chi connectivity index (χ1n) is 9.46. The monoisotopic (exact) mass is 409 g/mol. The van der Waals surface area contributed by atoms with E-state index in [1.165, 1.54) is 0 Å². The van der Waals surface area contributed by atoms with Crippen molar-refractivity contribution in [3.05, 3.63) is 30.3 Å². The number of nitrogens with zero attached hydrogens (tertiary/aromatic N) is 5. The number of piperazine rings is 1. The van der Waals surface area contributed by atoms with Gasteiger partial charge in [-0.25, -0.2) is 14.8 Å². The molecule has 1 aliphatic heterocycles. The number of aromatic nitrogens is 3. The predicted octanol–water partition coefficient (Wildman–Crippen LogP) is 1.49. The van der Waals surface area contributed by atoms with E-state index in [1.54, 1.807) is 19.1 Å². The zero-order chi connectivity index (χ0) is 21.3. The Labute approximate surface area is 173 Å². The summed E-state index contributed by atoms with van der Waals surface area (Å²) in [6.07, 6.45) is 0. The average molecular weight is 409 g/mol. The molecule has 30 heavy (non-hydrogen) atoms. The lowest BCUT2D eigenvalue weighted by molar-refractivity contribution is 0.204. The van der Waals surface area contributed by atoms with Crippen LogP contribution in [-0.2, 0) is 0 Å². The number of amides is 2. The van der Waals surface area contributed by atoms with Crippen LogP contribution in [0.2, 0.25) is 0 Å². The first-order valence-corrected chi connectivity index (χ1v) is 9.46. The van der Waals surface area contributed by atoms with E-state index in [4.69, 9.17) is 25.9 Å². The Hall–Kier alpha value is -3.82. The Morgan fingerprint density at radius 1 is 0.967 bits per heavy atom. The standard InChI is InChI=1S/C20H23N7O3/c1-29-15-6-3-12(11-16(15)30-2)13-4-5-14-17(23-13)18(25-19(21)24-14)26-7-9-27(10-8-26)20(22)28/h3-6,11H,7-10H2,1-2H3,(H2,22,28)(H2,21,24,25). The van der Waals surface area contributed by atoms with Crippen LogP contribution < -0.4 is 25.8 Å². The maximum atomic E-state index is 11.4. The van der Waals surface area contributed by atoms with Gasteiger partial charge in [-0.05, 0) is 30.3 Å². The van der Waals surface area contributed by atoms with Gasteiger partial charge in [-0.2, -0.15) is 4.98 Å². The Morgan fingerprint density at radius 2 is 1.70 bits per heavy atom. The minimum atomic E-state index is -0.421. The number of nitrogen functional groups attached to an aromatic ring is 1. The summed E-state index contributed by atoms with van der Waals surface area (Å²) in [5, 5.41) is 0. The minimum absolute atomic E-state index is 0.176. The fourth-order valence-electron chi connectivity index (χ4n) is 3.53. The van der Waals surface area contributed by atoms with Gasteiger partial charge in [-0.15, -0.1) is 0 Å². The lowest BCUT2D eigenvalue weighted by Gasteiger charge is -2.34. The SMILES string of the molecule is COc1ccc(-c2ccc3nc(N)nc(N4CCN(C(N)=O)CC4)c3n2)cc1OC. The molecule has 0 bridgehead atoms.